The van der Waals surface area contributed by atoms with E-state index in [0.717, 1.165) is 16.3 Å². The van der Waals surface area contributed by atoms with Crippen LogP contribution in [-0.4, -0.2) is 50.1 Å². The fourth-order valence-electron chi connectivity index (χ4n) is 4.69. The number of carbonyl (C=O) groups excluding carboxylic acids is 3. The molecule has 206 valence electrons. The number of nitrogens with one attached hydrogen (secondary N) is 4. The molecule has 4 N–H and O–H groups in total. The van der Waals surface area contributed by atoms with Crippen LogP contribution in [-0.2, 0) is 26.0 Å². The minimum absolute atomic E-state index is 0.0731. The van der Waals surface area contributed by atoms with E-state index in [-0.39, 0.29) is 18.7 Å². The van der Waals surface area contributed by atoms with E-state index >= 15 is 0 Å². The smallest absolute Gasteiger partial charge is 0.251 e. The van der Waals surface area contributed by atoms with Crippen molar-refractivity contribution in [2.45, 2.75) is 50.6 Å². The van der Waals surface area contributed by atoms with Crippen LogP contribution < -0.4 is 20.7 Å². The first-order valence-electron chi connectivity index (χ1n) is 13.0. The molecule has 0 spiro atoms. The first-order valence-corrected chi connectivity index (χ1v) is 14.6. The van der Waals surface area contributed by atoms with Crippen LogP contribution in [0, 0.1) is 5.92 Å². The molecule has 0 radical (unpaired) electrons. The Morgan fingerprint density at radius 1 is 0.949 bits per heavy atom. The molecular formula is C29H34N4O5S. The molecule has 0 saturated carbocycles. The van der Waals surface area contributed by atoms with Gasteiger partial charge in [0.05, 0.1) is 0 Å². The zero-order valence-electron chi connectivity index (χ0n) is 22.0. The predicted octanol–water partition coefficient (Wildman–Crippen LogP) is 2.48. The van der Waals surface area contributed by atoms with Crippen LogP contribution in [0.5, 0.6) is 0 Å². The van der Waals surface area contributed by atoms with Gasteiger partial charge in [0.25, 0.3) is 5.91 Å². The van der Waals surface area contributed by atoms with Gasteiger partial charge in [0.15, 0.2) is 0 Å². The van der Waals surface area contributed by atoms with Crippen molar-refractivity contribution in [2.75, 3.05) is 6.54 Å². The van der Waals surface area contributed by atoms with Gasteiger partial charge in [-0.2, -0.15) is 0 Å². The molecule has 10 heteroatoms. The van der Waals surface area contributed by atoms with Crippen molar-refractivity contribution in [1.29, 1.82) is 0 Å². The third kappa shape index (κ3) is 7.42. The highest BCUT2D eigenvalue weighted by Crippen LogP contribution is 2.20. The van der Waals surface area contributed by atoms with Crippen LogP contribution in [0.4, 0.5) is 0 Å². The molecule has 0 bridgehead atoms. The summed E-state index contributed by atoms with van der Waals surface area (Å²) < 4.78 is 28.9. The summed E-state index contributed by atoms with van der Waals surface area (Å²) in [4.78, 5) is 39.1. The van der Waals surface area contributed by atoms with E-state index in [1.165, 1.54) is 0 Å². The highest BCUT2D eigenvalue weighted by atomic mass is 32.2. The monoisotopic (exact) mass is 550 g/mol. The van der Waals surface area contributed by atoms with Crippen LogP contribution in [0.1, 0.15) is 42.6 Å². The van der Waals surface area contributed by atoms with Crippen molar-refractivity contribution in [3.05, 3.63) is 83.9 Å². The van der Waals surface area contributed by atoms with E-state index < -0.39 is 45.2 Å². The van der Waals surface area contributed by atoms with Crippen LogP contribution in [0.25, 0.3) is 10.8 Å². The van der Waals surface area contributed by atoms with Gasteiger partial charge >= 0.3 is 0 Å². The number of sulfonamides is 1. The minimum Gasteiger partial charge on any atom is -0.356 e. The van der Waals surface area contributed by atoms with Gasteiger partial charge in [0, 0.05) is 30.5 Å². The zero-order valence-corrected chi connectivity index (χ0v) is 22.8. The van der Waals surface area contributed by atoms with Gasteiger partial charge in [-0.15, -0.1) is 0 Å². The minimum atomic E-state index is -4.01. The van der Waals surface area contributed by atoms with Crippen LogP contribution >= 0.6 is 0 Å². The highest BCUT2D eigenvalue weighted by Gasteiger charge is 2.36. The molecule has 3 aromatic rings. The molecule has 39 heavy (non-hydrogen) atoms. The lowest BCUT2D eigenvalue weighted by atomic mass is 10.0. The lowest BCUT2D eigenvalue weighted by Crippen LogP contribution is -2.55. The molecule has 3 atom stereocenters. The summed E-state index contributed by atoms with van der Waals surface area (Å²) in [5.41, 5.74) is 1.18. The molecular weight excluding hydrogens is 516 g/mol. The first-order chi connectivity index (χ1) is 18.6. The molecule has 1 aliphatic heterocycles. The molecule has 3 amide bonds. The second-order valence-electron chi connectivity index (χ2n) is 10.1. The Morgan fingerprint density at radius 2 is 1.64 bits per heavy atom. The molecule has 1 saturated heterocycles. The number of fused-ring (bicyclic) bond motifs is 1. The topological polar surface area (TPSA) is 133 Å². The summed E-state index contributed by atoms with van der Waals surface area (Å²) in [6, 6.07) is 20.6. The van der Waals surface area contributed by atoms with Gasteiger partial charge < -0.3 is 16.0 Å². The van der Waals surface area contributed by atoms with Crippen LogP contribution in [0.2, 0.25) is 0 Å². The second kappa shape index (κ2) is 12.4. The molecule has 1 heterocycles. The Morgan fingerprint density at radius 3 is 2.31 bits per heavy atom. The Labute approximate surface area is 228 Å². The lowest BCUT2D eigenvalue weighted by Gasteiger charge is -2.26. The maximum Gasteiger partial charge on any atom is 0.251 e. The number of hydrogen-bond acceptors (Lipinski definition) is 5. The Bertz CT molecular complexity index is 1440. The zero-order chi connectivity index (χ0) is 28.0. The van der Waals surface area contributed by atoms with E-state index in [1.807, 2.05) is 60.7 Å². The van der Waals surface area contributed by atoms with Crippen LogP contribution in [0.15, 0.2) is 72.8 Å². The number of benzene rings is 3. The average molecular weight is 551 g/mol. The normalized spacial score (nSPS) is 17.0. The van der Waals surface area contributed by atoms with Crippen LogP contribution in [0.3, 0.4) is 0 Å². The summed E-state index contributed by atoms with van der Waals surface area (Å²) in [6.45, 7) is 3.82. The van der Waals surface area contributed by atoms with Gasteiger partial charge in [-0.05, 0) is 55.2 Å². The highest BCUT2D eigenvalue weighted by molar-refractivity contribution is 7.90. The third-order valence-electron chi connectivity index (χ3n) is 6.66. The number of hydrogen-bond donors (Lipinski definition) is 4. The number of rotatable bonds is 11. The van der Waals surface area contributed by atoms with E-state index in [4.69, 9.17) is 0 Å². The molecule has 1 aliphatic rings. The second-order valence-corrected chi connectivity index (χ2v) is 12.0. The van der Waals surface area contributed by atoms with E-state index in [1.54, 1.807) is 26.0 Å². The molecule has 0 aliphatic carbocycles. The molecule has 3 aromatic carbocycles. The van der Waals surface area contributed by atoms with Gasteiger partial charge in [0.1, 0.15) is 11.4 Å². The maximum atomic E-state index is 13.6. The summed E-state index contributed by atoms with van der Waals surface area (Å²) in [5.74, 6) is -1.88. The van der Waals surface area contributed by atoms with Crippen molar-refractivity contribution < 1.29 is 22.8 Å². The predicted molar refractivity (Wildman–Crippen MR) is 150 cm³/mol. The largest absolute Gasteiger partial charge is 0.356 e. The number of carbonyl (C=O) groups is 3. The van der Waals surface area contributed by atoms with Crippen molar-refractivity contribution in [2.24, 2.45) is 5.92 Å². The van der Waals surface area contributed by atoms with E-state index in [2.05, 4.69) is 20.7 Å². The summed E-state index contributed by atoms with van der Waals surface area (Å²) in [5, 5.41) is 8.66. The van der Waals surface area contributed by atoms with Crippen molar-refractivity contribution >= 4 is 38.5 Å². The average Bonchev–Trinajstić information content (AvgIpc) is 3.31. The third-order valence-corrected chi connectivity index (χ3v) is 8.51. The molecule has 4 rings (SSSR count). The Hall–Kier alpha value is -3.76. The maximum absolute atomic E-state index is 13.6. The van der Waals surface area contributed by atoms with Gasteiger partial charge in [-0.1, -0.05) is 60.7 Å². The first kappa shape index (κ1) is 28.3. The van der Waals surface area contributed by atoms with Crippen molar-refractivity contribution in [3.8, 4) is 0 Å². The summed E-state index contributed by atoms with van der Waals surface area (Å²) in [7, 11) is -4.01. The molecule has 9 nitrogen and oxygen atoms in total. The Balaban J connectivity index is 1.59. The van der Waals surface area contributed by atoms with Crippen molar-refractivity contribution in [1.82, 2.24) is 20.7 Å². The summed E-state index contributed by atoms with van der Waals surface area (Å²) >= 11 is 0. The molecule has 1 fully saturated rings. The standard InChI is InChI=1S/C29H34N4O5S/c1-19(2)33-39(37,38)26(18-24-14-15-30-27(24)34)32-29(36)25(16-20-8-4-3-5-9-20)31-28(35)23-13-12-21-10-6-7-11-22(21)17-23/h3-13,17,19,24-26,33H,14-16,18H2,1-2H3,(H,30,34)(H,31,35)(H,32,36)/t24?,25-,26+/m0/s1. The van der Waals surface area contributed by atoms with Gasteiger partial charge in [0.2, 0.25) is 21.8 Å². The quantitative estimate of drug-likeness (QED) is 0.291. The van der Waals surface area contributed by atoms with Gasteiger partial charge in [-0.3, -0.25) is 14.4 Å². The summed E-state index contributed by atoms with van der Waals surface area (Å²) in [6.07, 6.45) is 0.561. The van der Waals surface area contributed by atoms with Gasteiger partial charge in [-0.25, -0.2) is 13.1 Å². The van der Waals surface area contributed by atoms with E-state index in [9.17, 15) is 22.8 Å². The SMILES string of the molecule is CC(C)NS(=O)(=O)[C@H](CC1CCNC1=O)NC(=O)[C@H](Cc1ccccc1)NC(=O)c1ccc2ccccc2c1. The van der Waals surface area contributed by atoms with E-state index in [0.29, 0.717) is 18.5 Å². The fraction of sp³-hybridized carbons (Fsp3) is 0.345. The fourth-order valence-corrected chi connectivity index (χ4v) is 6.27. The van der Waals surface area contributed by atoms with Crippen molar-refractivity contribution in [3.63, 3.8) is 0 Å². The number of amides is 3. The Kier molecular flexibility index (Phi) is 8.98. The lowest BCUT2D eigenvalue weighted by molar-refractivity contribution is -0.125. The molecule has 1 unspecified atom stereocenters. The molecule has 0 aromatic heterocycles.